The Bertz CT molecular complexity index is 1800. The number of nitrogens with zero attached hydrogens (tertiary/aromatic N) is 1. The van der Waals surface area contributed by atoms with Crippen LogP contribution >= 0.6 is 0 Å². The standard InChI is InChI=1S/C36H38N4O9/c1-3-15-48-36(45)40-30-18-22-8-7-11-25(17-22)49-21-31(35(43)44)39-33(41)27(38-34(30)42)14-16-47-32-20-28(23-9-5-4-6-10-23)37-29-19-24(46-2)12-13-26(29)32/h4-13,17,19-20,27,30-31H,3,14-16,18,21H2,1-2H3,(H,38,42)(H,39,41)(H,40,45)(H,43,44)/t27-,30?,31+/m0/s1. The first-order valence-electron chi connectivity index (χ1n) is 15.9. The molecule has 0 saturated heterocycles. The van der Waals surface area contributed by atoms with Gasteiger partial charge < -0.3 is 40.0 Å². The smallest absolute Gasteiger partial charge is 0.407 e. The molecule has 49 heavy (non-hydrogen) atoms. The number of benzene rings is 3. The number of ether oxygens (including phenoxy) is 4. The van der Waals surface area contributed by atoms with Gasteiger partial charge in [-0.25, -0.2) is 14.6 Å². The highest BCUT2D eigenvalue weighted by atomic mass is 16.5. The van der Waals surface area contributed by atoms with Gasteiger partial charge in [-0.15, -0.1) is 0 Å². The molecule has 1 aromatic heterocycles. The maximum atomic E-state index is 13.7. The molecule has 1 aliphatic rings. The first-order valence-corrected chi connectivity index (χ1v) is 15.9. The molecule has 0 fully saturated rings. The molecule has 3 aromatic carbocycles. The van der Waals surface area contributed by atoms with Gasteiger partial charge in [-0.2, -0.15) is 0 Å². The number of amides is 3. The molecule has 2 bridgehead atoms. The number of fused-ring (bicyclic) bond motifs is 3. The number of hydrogen-bond donors (Lipinski definition) is 4. The summed E-state index contributed by atoms with van der Waals surface area (Å²) in [5.41, 5.74) is 2.78. The number of carbonyl (C=O) groups excluding carboxylic acids is 3. The highest BCUT2D eigenvalue weighted by Crippen LogP contribution is 2.32. The van der Waals surface area contributed by atoms with Crippen LogP contribution in [-0.2, 0) is 25.5 Å². The number of rotatable bonds is 10. The van der Waals surface area contributed by atoms with E-state index in [2.05, 4.69) is 16.0 Å². The maximum absolute atomic E-state index is 13.7. The molecule has 4 aromatic rings. The van der Waals surface area contributed by atoms with Gasteiger partial charge in [0, 0.05) is 35.9 Å². The predicted molar refractivity (Wildman–Crippen MR) is 180 cm³/mol. The molecule has 256 valence electrons. The molecule has 4 N–H and O–H groups in total. The highest BCUT2D eigenvalue weighted by Gasteiger charge is 2.31. The van der Waals surface area contributed by atoms with Crippen molar-refractivity contribution in [3.05, 3.63) is 84.4 Å². The monoisotopic (exact) mass is 670 g/mol. The van der Waals surface area contributed by atoms with Crippen LogP contribution in [-0.4, -0.2) is 79.0 Å². The van der Waals surface area contributed by atoms with Crippen LogP contribution in [0.2, 0.25) is 0 Å². The number of nitrogens with one attached hydrogen (secondary N) is 3. The third-order valence-corrected chi connectivity index (χ3v) is 7.76. The number of alkyl carbamates (subject to hydrolysis) is 1. The van der Waals surface area contributed by atoms with Gasteiger partial charge >= 0.3 is 12.1 Å². The van der Waals surface area contributed by atoms with Gasteiger partial charge in [0.25, 0.3) is 0 Å². The third-order valence-electron chi connectivity index (χ3n) is 7.76. The van der Waals surface area contributed by atoms with E-state index in [1.807, 2.05) is 43.3 Å². The summed E-state index contributed by atoms with van der Waals surface area (Å²) in [4.78, 5) is 56.6. The summed E-state index contributed by atoms with van der Waals surface area (Å²) in [6.45, 7) is 1.59. The van der Waals surface area contributed by atoms with Crippen molar-refractivity contribution in [1.82, 2.24) is 20.9 Å². The van der Waals surface area contributed by atoms with Crippen molar-refractivity contribution < 1.29 is 43.2 Å². The van der Waals surface area contributed by atoms with Crippen molar-refractivity contribution in [1.29, 1.82) is 0 Å². The topological polar surface area (TPSA) is 174 Å². The van der Waals surface area contributed by atoms with Crippen LogP contribution in [0, 0.1) is 0 Å². The van der Waals surface area contributed by atoms with E-state index in [1.165, 1.54) is 0 Å². The SMILES string of the molecule is CCCOC(=O)NC1Cc2cccc(c2)OC[C@H](C(=O)O)NC(=O)[C@H](CCOc2cc(-c3ccccc3)nc3cc(OC)ccc23)NC1=O. The molecule has 0 radical (unpaired) electrons. The second-order valence-electron chi connectivity index (χ2n) is 11.3. The quantitative estimate of drug-likeness (QED) is 0.194. The van der Waals surface area contributed by atoms with E-state index in [-0.39, 0.29) is 32.7 Å². The Morgan fingerprint density at radius 2 is 1.80 bits per heavy atom. The highest BCUT2D eigenvalue weighted by molar-refractivity contribution is 5.93. The molecule has 3 amide bonds. The van der Waals surface area contributed by atoms with Gasteiger partial charge in [-0.1, -0.05) is 49.4 Å². The lowest BCUT2D eigenvalue weighted by molar-refractivity contribution is -0.143. The van der Waals surface area contributed by atoms with E-state index in [9.17, 15) is 24.3 Å². The summed E-state index contributed by atoms with van der Waals surface area (Å²) in [5.74, 6) is -1.31. The molecule has 13 heteroatoms. The Balaban J connectivity index is 1.41. The first-order chi connectivity index (χ1) is 23.7. The predicted octanol–water partition coefficient (Wildman–Crippen LogP) is 3.87. The number of aromatic nitrogens is 1. The van der Waals surface area contributed by atoms with E-state index in [0.717, 1.165) is 5.56 Å². The molecule has 0 saturated carbocycles. The summed E-state index contributed by atoms with van der Waals surface area (Å²) in [7, 11) is 1.57. The molecule has 3 atom stereocenters. The van der Waals surface area contributed by atoms with Crippen LogP contribution in [0.5, 0.6) is 17.2 Å². The van der Waals surface area contributed by atoms with E-state index in [0.29, 0.717) is 45.8 Å². The van der Waals surface area contributed by atoms with E-state index < -0.39 is 42.0 Å². The molecule has 0 spiro atoms. The summed E-state index contributed by atoms with van der Waals surface area (Å²) in [6.07, 6.45) is -0.202. The number of methoxy groups -OCH3 is 1. The van der Waals surface area contributed by atoms with Crippen LogP contribution in [0.25, 0.3) is 22.2 Å². The van der Waals surface area contributed by atoms with Crippen LogP contribution in [0.15, 0.2) is 78.9 Å². The number of carboxylic acid groups (broad SMARTS) is 1. The molecule has 13 nitrogen and oxygen atoms in total. The number of aliphatic carboxylic acids is 1. The van der Waals surface area contributed by atoms with Crippen LogP contribution in [0.4, 0.5) is 4.79 Å². The van der Waals surface area contributed by atoms with Crippen LogP contribution in [0.3, 0.4) is 0 Å². The lowest BCUT2D eigenvalue weighted by Gasteiger charge is -2.24. The van der Waals surface area contributed by atoms with Crippen LogP contribution < -0.4 is 30.2 Å². The molecule has 2 heterocycles. The summed E-state index contributed by atoms with van der Waals surface area (Å²) < 4.78 is 22.5. The Hall–Kier alpha value is -5.85. The van der Waals surface area contributed by atoms with Crippen LogP contribution in [0.1, 0.15) is 25.3 Å². The summed E-state index contributed by atoms with van der Waals surface area (Å²) >= 11 is 0. The normalized spacial score (nSPS) is 18.0. The summed E-state index contributed by atoms with van der Waals surface area (Å²) in [6, 6.07) is 19.7. The van der Waals surface area contributed by atoms with Gasteiger partial charge in [0.05, 0.1) is 31.5 Å². The zero-order valence-corrected chi connectivity index (χ0v) is 27.1. The Morgan fingerprint density at radius 3 is 2.55 bits per heavy atom. The Kier molecular flexibility index (Phi) is 11.5. The van der Waals surface area contributed by atoms with Crippen molar-refractivity contribution in [3.8, 4) is 28.5 Å². The maximum Gasteiger partial charge on any atom is 0.407 e. The van der Waals surface area contributed by atoms with Crippen molar-refractivity contribution in [2.75, 3.05) is 26.9 Å². The minimum absolute atomic E-state index is 0.0478. The Morgan fingerprint density at radius 1 is 0.980 bits per heavy atom. The fourth-order valence-corrected chi connectivity index (χ4v) is 5.22. The Labute approximate surface area is 282 Å². The van der Waals surface area contributed by atoms with Gasteiger partial charge in [0.1, 0.15) is 35.9 Å². The molecule has 0 aliphatic carbocycles. The second kappa shape index (κ2) is 16.3. The zero-order chi connectivity index (χ0) is 34.8. The summed E-state index contributed by atoms with van der Waals surface area (Å²) in [5, 5.41) is 18.3. The average Bonchev–Trinajstić information content (AvgIpc) is 3.11. The number of hydrogen-bond acceptors (Lipinski definition) is 9. The zero-order valence-electron chi connectivity index (χ0n) is 27.1. The van der Waals surface area contributed by atoms with Crippen molar-refractivity contribution in [2.45, 2.75) is 44.3 Å². The van der Waals surface area contributed by atoms with Crippen molar-refractivity contribution >= 4 is 34.8 Å². The first kappa shape index (κ1) is 34.5. The van der Waals surface area contributed by atoms with Gasteiger partial charge in [-0.05, 0) is 36.2 Å². The minimum atomic E-state index is -1.41. The minimum Gasteiger partial charge on any atom is -0.497 e. The average molecular weight is 671 g/mol. The van der Waals surface area contributed by atoms with Crippen molar-refractivity contribution in [2.24, 2.45) is 0 Å². The lowest BCUT2D eigenvalue weighted by Crippen LogP contribution is -2.57. The molecule has 5 rings (SSSR count). The number of carbonyl (C=O) groups is 4. The van der Waals surface area contributed by atoms with Gasteiger partial charge in [0.2, 0.25) is 11.8 Å². The lowest BCUT2D eigenvalue weighted by atomic mass is 10.0. The largest absolute Gasteiger partial charge is 0.497 e. The second-order valence-corrected chi connectivity index (χ2v) is 11.3. The third kappa shape index (κ3) is 9.15. The molecule has 1 aliphatic heterocycles. The fourth-order valence-electron chi connectivity index (χ4n) is 5.22. The fraction of sp³-hybridized carbons (Fsp3) is 0.306. The molecular weight excluding hydrogens is 632 g/mol. The number of pyridine rings is 1. The van der Waals surface area contributed by atoms with Gasteiger partial charge in [0.15, 0.2) is 6.04 Å². The van der Waals surface area contributed by atoms with E-state index >= 15 is 0 Å². The molecule has 1 unspecified atom stereocenters. The molecular formula is C36H38N4O9. The number of carboxylic acids is 1. The van der Waals surface area contributed by atoms with Crippen molar-refractivity contribution in [3.63, 3.8) is 0 Å². The van der Waals surface area contributed by atoms with E-state index in [1.54, 1.807) is 49.6 Å². The van der Waals surface area contributed by atoms with Gasteiger partial charge in [-0.3, -0.25) is 9.59 Å². The van der Waals surface area contributed by atoms with E-state index in [4.69, 9.17) is 23.9 Å².